The normalized spacial score (nSPS) is 11.8. The van der Waals surface area contributed by atoms with Crippen LogP contribution in [0.2, 0.25) is 0 Å². The Morgan fingerprint density at radius 2 is 0.719 bits per heavy atom. The van der Waals surface area contributed by atoms with Crippen molar-refractivity contribution in [3.63, 3.8) is 0 Å². The van der Waals surface area contributed by atoms with Gasteiger partial charge in [-0.25, -0.2) is 0 Å². The fraction of sp³-hybridized carbons (Fsp3) is 0. The molecule has 0 aliphatic carbocycles. The topological polar surface area (TPSA) is 9.86 Å². The molecule has 2 nitrogen and oxygen atoms in total. The lowest BCUT2D eigenvalue weighted by molar-refractivity contribution is 1.13. The van der Waals surface area contributed by atoms with E-state index in [0.29, 0.717) is 0 Å². The van der Waals surface area contributed by atoms with E-state index in [1.165, 1.54) is 43.6 Å². The summed E-state index contributed by atoms with van der Waals surface area (Å²) in [6.07, 6.45) is 0. The van der Waals surface area contributed by atoms with Crippen molar-refractivity contribution < 1.29 is 0 Å². The summed E-state index contributed by atoms with van der Waals surface area (Å²) < 4.78 is 4.69. The molecule has 0 saturated heterocycles. The van der Waals surface area contributed by atoms with Gasteiger partial charge in [0.2, 0.25) is 0 Å². The summed E-state index contributed by atoms with van der Waals surface area (Å²) in [5.41, 5.74) is 7.06. The second kappa shape index (κ2) is 6.60. The third-order valence-electron chi connectivity index (χ3n) is 6.43. The number of benzene rings is 5. The highest BCUT2D eigenvalue weighted by Gasteiger charge is 2.14. The van der Waals surface area contributed by atoms with Gasteiger partial charge in [-0.3, -0.25) is 0 Å². The van der Waals surface area contributed by atoms with Crippen LogP contribution < -0.4 is 0 Å². The van der Waals surface area contributed by atoms with Crippen LogP contribution >= 0.6 is 0 Å². The second-order valence-corrected chi connectivity index (χ2v) is 8.19. The van der Waals surface area contributed by atoms with Gasteiger partial charge in [0.25, 0.3) is 0 Å². The molecule has 0 aliphatic heterocycles. The number of hydrogen-bond donors (Lipinski definition) is 0. The molecule has 0 unspecified atom stereocenters. The molecule has 0 aliphatic rings. The molecule has 0 amide bonds. The van der Waals surface area contributed by atoms with Crippen LogP contribution in [0.4, 0.5) is 0 Å². The van der Waals surface area contributed by atoms with Crippen LogP contribution in [0.5, 0.6) is 0 Å². The van der Waals surface area contributed by atoms with Crippen LogP contribution in [0, 0.1) is 6.07 Å². The predicted octanol–water partition coefficient (Wildman–Crippen LogP) is 7.68. The van der Waals surface area contributed by atoms with Crippen LogP contribution in [0.25, 0.3) is 55.0 Å². The lowest BCUT2D eigenvalue weighted by atomic mass is 10.2. The number of nitrogens with zero attached hydrogens (tertiary/aromatic N) is 2. The van der Waals surface area contributed by atoms with E-state index in [1.54, 1.807) is 0 Å². The number of aromatic nitrogens is 2. The van der Waals surface area contributed by atoms with Crippen molar-refractivity contribution in [2.24, 2.45) is 0 Å². The van der Waals surface area contributed by atoms with Crippen LogP contribution in [-0.2, 0) is 0 Å². The fourth-order valence-corrected chi connectivity index (χ4v) is 5.11. The smallest absolute Gasteiger partial charge is 0.0541 e. The first-order chi connectivity index (χ1) is 15.9. The van der Waals surface area contributed by atoms with E-state index < -0.39 is 0 Å². The Morgan fingerprint density at radius 3 is 1.06 bits per heavy atom. The molecule has 0 fully saturated rings. The lowest BCUT2D eigenvalue weighted by Gasteiger charge is -2.12. The van der Waals surface area contributed by atoms with Crippen LogP contribution in [0.1, 0.15) is 0 Å². The lowest BCUT2D eigenvalue weighted by Crippen LogP contribution is -1.98. The maximum absolute atomic E-state index is 3.42. The molecule has 7 aromatic rings. The van der Waals surface area contributed by atoms with Gasteiger partial charge < -0.3 is 9.13 Å². The number of fused-ring (bicyclic) bond motifs is 6. The zero-order chi connectivity index (χ0) is 21.1. The van der Waals surface area contributed by atoms with Crippen molar-refractivity contribution in [3.8, 4) is 11.4 Å². The summed E-state index contributed by atoms with van der Waals surface area (Å²) in [6, 6.07) is 44.3. The van der Waals surface area contributed by atoms with Crippen molar-refractivity contribution in [2.45, 2.75) is 0 Å². The summed E-state index contributed by atoms with van der Waals surface area (Å²) in [5.74, 6) is 0. The minimum atomic E-state index is 1.11. The SMILES string of the molecule is [c]1cc(-n2c3ccccc3c3ccccc32)cc(-n2c3ccccc3c3ccccc32)c1. The van der Waals surface area contributed by atoms with E-state index in [-0.39, 0.29) is 0 Å². The number of rotatable bonds is 2. The van der Waals surface area contributed by atoms with Crippen LogP contribution in [0.3, 0.4) is 0 Å². The molecular formula is C30H19N2. The Hall–Kier alpha value is -4.30. The molecule has 0 N–H and O–H groups in total. The summed E-state index contributed by atoms with van der Waals surface area (Å²) in [6.45, 7) is 0. The fourth-order valence-electron chi connectivity index (χ4n) is 5.11. The maximum Gasteiger partial charge on any atom is 0.0541 e. The van der Waals surface area contributed by atoms with Gasteiger partial charge in [-0.2, -0.15) is 0 Å². The third-order valence-corrected chi connectivity index (χ3v) is 6.43. The van der Waals surface area contributed by atoms with E-state index in [4.69, 9.17) is 0 Å². The summed E-state index contributed by atoms with van der Waals surface area (Å²) >= 11 is 0. The van der Waals surface area contributed by atoms with Gasteiger partial charge in [0.05, 0.1) is 22.1 Å². The highest BCUT2D eigenvalue weighted by molar-refractivity contribution is 6.10. The Bertz CT molecular complexity index is 1550. The van der Waals surface area contributed by atoms with Gasteiger partial charge in [-0.1, -0.05) is 72.8 Å². The largest absolute Gasteiger partial charge is 0.309 e. The Balaban J connectivity index is 1.55. The third kappa shape index (κ3) is 2.35. The van der Waals surface area contributed by atoms with Crippen molar-refractivity contribution in [2.75, 3.05) is 0 Å². The molecule has 32 heavy (non-hydrogen) atoms. The standard InChI is InChI=1S/C30H19N2/c1-5-16-27-23(12-1)24-13-2-6-17-28(24)31(27)21-10-9-11-22(20-21)32-29-18-7-3-14-25(29)26-15-4-8-19-30(26)32/h1-8,10-20H. The molecule has 7 rings (SSSR count). The van der Waals surface area contributed by atoms with Gasteiger partial charge >= 0.3 is 0 Å². The van der Waals surface area contributed by atoms with Crippen molar-refractivity contribution in [1.29, 1.82) is 0 Å². The molecule has 0 bridgehead atoms. The monoisotopic (exact) mass is 407 g/mol. The van der Waals surface area contributed by atoms with E-state index in [1.807, 2.05) is 0 Å². The van der Waals surface area contributed by atoms with E-state index in [0.717, 1.165) is 11.4 Å². The quantitative estimate of drug-likeness (QED) is 0.278. The first-order valence-corrected chi connectivity index (χ1v) is 10.9. The average Bonchev–Trinajstić information content (AvgIpc) is 3.37. The minimum absolute atomic E-state index is 1.11. The van der Waals surface area contributed by atoms with E-state index in [2.05, 4.69) is 130 Å². The average molecular weight is 407 g/mol. The molecule has 149 valence electrons. The second-order valence-electron chi connectivity index (χ2n) is 8.19. The first-order valence-electron chi connectivity index (χ1n) is 10.9. The van der Waals surface area contributed by atoms with Gasteiger partial charge in [0.1, 0.15) is 0 Å². The molecule has 1 radical (unpaired) electrons. The zero-order valence-electron chi connectivity index (χ0n) is 17.4. The molecule has 0 spiro atoms. The minimum Gasteiger partial charge on any atom is -0.309 e. The van der Waals surface area contributed by atoms with Gasteiger partial charge in [-0.05, 0) is 48.5 Å². The number of para-hydroxylation sites is 4. The number of hydrogen-bond acceptors (Lipinski definition) is 0. The first kappa shape index (κ1) is 17.4. The molecule has 2 heterocycles. The van der Waals surface area contributed by atoms with Gasteiger partial charge in [0, 0.05) is 32.9 Å². The van der Waals surface area contributed by atoms with Crippen LogP contribution in [-0.4, -0.2) is 9.13 Å². The molecule has 0 atom stereocenters. The van der Waals surface area contributed by atoms with Gasteiger partial charge in [0.15, 0.2) is 0 Å². The molecule has 2 aromatic heterocycles. The van der Waals surface area contributed by atoms with Crippen molar-refractivity contribution >= 4 is 43.6 Å². The van der Waals surface area contributed by atoms with Crippen LogP contribution in [0.15, 0.2) is 115 Å². The highest BCUT2D eigenvalue weighted by atomic mass is 15.0. The molecule has 2 heteroatoms. The predicted molar refractivity (Wildman–Crippen MR) is 134 cm³/mol. The van der Waals surface area contributed by atoms with Crippen molar-refractivity contribution in [1.82, 2.24) is 9.13 Å². The Kier molecular flexibility index (Phi) is 3.58. The van der Waals surface area contributed by atoms with Crippen molar-refractivity contribution in [3.05, 3.63) is 121 Å². The summed E-state index contributed by atoms with van der Waals surface area (Å²) in [4.78, 5) is 0. The maximum atomic E-state index is 3.42. The summed E-state index contributed by atoms with van der Waals surface area (Å²) in [5, 5.41) is 5.08. The Labute approximate surface area is 185 Å². The molecule has 5 aromatic carbocycles. The Morgan fingerprint density at radius 1 is 0.406 bits per heavy atom. The van der Waals surface area contributed by atoms with Gasteiger partial charge in [-0.15, -0.1) is 0 Å². The highest BCUT2D eigenvalue weighted by Crippen LogP contribution is 2.35. The molecule has 0 saturated carbocycles. The van der Waals surface area contributed by atoms with E-state index in [9.17, 15) is 0 Å². The molecular weight excluding hydrogens is 388 g/mol. The zero-order valence-corrected chi connectivity index (χ0v) is 17.4. The van der Waals surface area contributed by atoms with E-state index >= 15 is 0 Å². The summed E-state index contributed by atoms with van der Waals surface area (Å²) in [7, 11) is 0.